The van der Waals surface area contributed by atoms with Crippen molar-refractivity contribution in [2.24, 2.45) is 0 Å². The number of anilines is 2. The van der Waals surface area contributed by atoms with Gasteiger partial charge in [-0.3, -0.25) is 14.4 Å². The Bertz CT molecular complexity index is 1910. The Morgan fingerprint density at radius 3 is 2.31 bits per heavy atom. The minimum atomic E-state index is -0.488. The molecule has 0 aliphatic heterocycles. The third-order valence-corrected chi connectivity index (χ3v) is 8.61. The van der Waals surface area contributed by atoms with Gasteiger partial charge < -0.3 is 16.0 Å². The molecule has 0 spiro atoms. The number of nitriles is 1. The number of hydrogen-bond donors (Lipinski definition) is 3. The van der Waals surface area contributed by atoms with E-state index in [1.165, 1.54) is 23.1 Å². The van der Waals surface area contributed by atoms with Crippen molar-refractivity contribution < 1.29 is 14.4 Å². The lowest BCUT2D eigenvalue weighted by molar-refractivity contribution is -0.114. The summed E-state index contributed by atoms with van der Waals surface area (Å²) in [5.74, 6) is -1.04. The number of amides is 3. The molecule has 0 aliphatic rings. The molecule has 3 N–H and O–H groups in total. The molecule has 0 unspecified atom stereocenters. The summed E-state index contributed by atoms with van der Waals surface area (Å²) >= 11 is 2.62. The monoisotopic (exact) mass is 628 g/mol. The fourth-order valence-electron chi connectivity index (χ4n) is 4.41. The first-order valence-corrected chi connectivity index (χ1v) is 15.8. The zero-order valence-electron chi connectivity index (χ0n) is 24.2. The quantitative estimate of drug-likeness (QED) is 0.108. The Labute approximate surface area is 269 Å². The van der Waals surface area contributed by atoms with E-state index in [9.17, 15) is 19.6 Å². The fraction of sp³-hybridized carbons (Fsp3) is 0.0556. The molecule has 7 nitrogen and oxygen atoms in total. The summed E-state index contributed by atoms with van der Waals surface area (Å²) in [6.45, 7) is 1.93. The number of rotatable bonds is 10. The van der Waals surface area contributed by atoms with Gasteiger partial charge in [-0.25, -0.2) is 0 Å². The van der Waals surface area contributed by atoms with Crippen molar-refractivity contribution in [3.05, 3.63) is 143 Å². The van der Waals surface area contributed by atoms with Crippen molar-refractivity contribution in [1.29, 1.82) is 5.26 Å². The van der Waals surface area contributed by atoms with E-state index in [1.807, 2.05) is 79.0 Å². The molecule has 9 heteroatoms. The van der Waals surface area contributed by atoms with Crippen LogP contribution in [0.5, 0.6) is 0 Å². The van der Waals surface area contributed by atoms with Gasteiger partial charge in [0, 0.05) is 27.1 Å². The highest BCUT2D eigenvalue weighted by Gasteiger charge is 2.17. The molecule has 0 atom stereocenters. The van der Waals surface area contributed by atoms with Gasteiger partial charge in [0.25, 0.3) is 11.8 Å². The van der Waals surface area contributed by atoms with Gasteiger partial charge in [-0.1, -0.05) is 78.9 Å². The maximum absolute atomic E-state index is 13.5. The third-order valence-electron chi connectivity index (χ3n) is 6.72. The highest BCUT2D eigenvalue weighted by molar-refractivity contribution is 8.00. The van der Waals surface area contributed by atoms with E-state index in [0.717, 1.165) is 27.1 Å². The summed E-state index contributed by atoms with van der Waals surface area (Å²) in [6, 6.07) is 35.2. The topological polar surface area (TPSA) is 111 Å². The zero-order valence-corrected chi connectivity index (χ0v) is 25.9. The van der Waals surface area contributed by atoms with Gasteiger partial charge in [0.15, 0.2) is 0 Å². The van der Waals surface area contributed by atoms with Gasteiger partial charge in [0.2, 0.25) is 5.91 Å². The minimum absolute atomic E-state index is 0.0923. The fourth-order valence-corrected chi connectivity index (χ4v) is 6.10. The van der Waals surface area contributed by atoms with E-state index < -0.39 is 11.8 Å². The van der Waals surface area contributed by atoms with Crippen LogP contribution in [0.15, 0.2) is 125 Å². The minimum Gasteiger partial charge on any atom is -0.321 e. The number of thiophene rings is 1. The van der Waals surface area contributed by atoms with Crippen LogP contribution in [0.3, 0.4) is 0 Å². The molecular weight excluding hydrogens is 601 g/mol. The van der Waals surface area contributed by atoms with Gasteiger partial charge in [-0.05, 0) is 60.0 Å². The van der Waals surface area contributed by atoms with Gasteiger partial charge in [0.1, 0.15) is 16.8 Å². The van der Waals surface area contributed by atoms with E-state index in [0.29, 0.717) is 21.8 Å². The summed E-state index contributed by atoms with van der Waals surface area (Å²) < 4.78 is 0. The predicted molar refractivity (Wildman–Crippen MR) is 182 cm³/mol. The molecule has 45 heavy (non-hydrogen) atoms. The van der Waals surface area contributed by atoms with Crippen LogP contribution in [0.2, 0.25) is 0 Å². The van der Waals surface area contributed by atoms with Gasteiger partial charge >= 0.3 is 0 Å². The van der Waals surface area contributed by atoms with E-state index in [4.69, 9.17) is 0 Å². The van der Waals surface area contributed by atoms with Crippen LogP contribution < -0.4 is 16.0 Å². The first-order valence-electron chi connectivity index (χ1n) is 14.0. The maximum Gasteiger partial charge on any atom is 0.272 e. The molecule has 0 fully saturated rings. The molecule has 1 heterocycles. The average molecular weight is 629 g/mol. The number of carbonyl (C=O) groups excluding carboxylic acids is 3. The molecule has 0 saturated heterocycles. The molecular formula is C36H28N4O3S2. The van der Waals surface area contributed by atoms with Gasteiger partial charge in [-0.15, -0.1) is 23.1 Å². The maximum atomic E-state index is 13.5. The molecule has 0 bridgehead atoms. The van der Waals surface area contributed by atoms with Crippen molar-refractivity contribution >= 4 is 57.6 Å². The zero-order chi connectivity index (χ0) is 31.6. The molecule has 0 aliphatic carbocycles. The van der Waals surface area contributed by atoms with Crippen LogP contribution in [0.1, 0.15) is 27.0 Å². The molecule has 1 aromatic heterocycles. The van der Waals surface area contributed by atoms with Crippen LogP contribution in [0.25, 0.3) is 17.2 Å². The molecule has 0 saturated carbocycles. The summed E-state index contributed by atoms with van der Waals surface area (Å²) in [6.07, 6.45) is 1.65. The second-order valence-electron chi connectivity index (χ2n) is 9.88. The molecule has 4 aromatic carbocycles. The van der Waals surface area contributed by atoms with E-state index in [1.54, 1.807) is 48.5 Å². The van der Waals surface area contributed by atoms with Gasteiger partial charge in [0.05, 0.1) is 11.3 Å². The van der Waals surface area contributed by atoms with Crippen molar-refractivity contribution in [3.8, 4) is 17.2 Å². The van der Waals surface area contributed by atoms with Crippen LogP contribution in [0, 0.1) is 18.3 Å². The molecule has 3 amide bonds. The molecule has 5 rings (SSSR count). The number of benzene rings is 4. The lowest BCUT2D eigenvalue weighted by atomic mass is 10.1. The van der Waals surface area contributed by atoms with Crippen LogP contribution in [0.4, 0.5) is 10.7 Å². The summed E-state index contributed by atoms with van der Waals surface area (Å²) in [7, 11) is 0. The number of aryl methyl sites for hydroxylation is 1. The lowest BCUT2D eigenvalue weighted by Gasteiger charge is -2.13. The first-order chi connectivity index (χ1) is 21.9. The SMILES string of the molecule is Cc1ccccc1/C=C(\NC(=O)c1ccccc1)C(=O)Nc1cccc(SCC(=O)Nc2scc(-c3ccccc3)c2C#N)c1. The van der Waals surface area contributed by atoms with Crippen LogP contribution >= 0.6 is 23.1 Å². The van der Waals surface area contributed by atoms with Crippen molar-refractivity contribution in [1.82, 2.24) is 5.32 Å². The van der Waals surface area contributed by atoms with Gasteiger partial charge in [-0.2, -0.15) is 5.26 Å². The summed E-state index contributed by atoms with van der Waals surface area (Å²) in [5.41, 5.74) is 4.91. The van der Waals surface area contributed by atoms with E-state index in [-0.39, 0.29) is 17.4 Å². The number of thioether (sulfide) groups is 1. The number of carbonyl (C=O) groups is 3. The largest absolute Gasteiger partial charge is 0.321 e. The summed E-state index contributed by atoms with van der Waals surface area (Å²) in [4.78, 5) is 40.0. The van der Waals surface area contributed by atoms with Crippen LogP contribution in [-0.4, -0.2) is 23.5 Å². The normalized spacial score (nSPS) is 10.9. The van der Waals surface area contributed by atoms with Crippen molar-refractivity contribution in [3.63, 3.8) is 0 Å². The molecule has 222 valence electrons. The average Bonchev–Trinajstić information content (AvgIpc) is 3.47. The van der Waals surface area contributed by atoms with Crippen molar-refractivity contribution in [2.45, 2.75) is 11.8 Å². The Morgan fingerprint density at radius 2 is 1.58 bits per heavy atom. The number of hydrogen-bond acceptors (Lipinski definition) is 6. The standard InChI is InChI=1S/C36H28N4O3S2/c1-24-11-8-9-16-27(24)19-32(39-34(42)26-14-6-3-7-15-26)35(43)38-28-17-10-18-29(20-28)44-23-33(41)40-36-30(21-37)31(22-45-36)25-12-4-2-5-13-25/h2-20,22H,23H2,1H3,(H,38,43)(H,39,42)(H,40,41)/b32-19-. The molecule has 0 radical (unpaired) electrons. The number of nitrogens with one attached hydrogen (secondary N) is 3. The molecule has 5 aromatic rings. The Kier molecular flexibility index (Phi) is 10.2. The lowest BCUT2D eigenvalue weighted by Crippen LogP contribution is -2.30. The van der Waals surface area contributed by atoms with Crippen LogP contribution in [-0.2, 0) is 9.59 Å². The predicted octanol–water partition coefficient (Wildman–Crippen LogP) is 7.74. The Hall–Kier alpha value is -5.43. The number of nitrogens with zero attached hydrogens (tertiary/aromatic N) is 1. The smallest absolute Gasteiger partial charge is 0.272 e. The highest BCUT2D eigenvalue weighted by Crippen LogP contribution is 2.35. The van der Waals surface area contributed by atoms with E-state index in [2.05, 4.69) is 22.0 Å². The third kappa shape index (κ3) is 8.15. The second-order valence-corrected chi connectivity index (χ2v) is 11.8. The Morgan fingerprint density at radius 1 is 0.867 bits per heavy atom. The van der Waals surface area contributed by atoms with Crippen molar-refractivity contribution in [2.75, 3.05) is 16.4 Å². The first kappa shape index (κ1) is 31.0. The Balaban J connectivity index is 1.26. The van der Waals surface area contributed by atoms with E-state index >= 15 is 0 Å². The second kappa shape index (κ2) is 14.8. The summed E-state index contributed by atoms with van der Waals surface area (Å²) in [5, 5.41) is 20.6. The highest BCUT2D eigenvalue weighted by atomic mass is 32.2.